The highest BCUT2D eigenvalue weighted by molar-refractivity contribution is 5.79. The van der Waals surface area contributed by atoms with Gasteiger partial charge in [0, 0.05) is 39.7 Å². The van der Waals surface area contributed by atoms with Crippen molar-refractivity contribution in [1.82, 2.24) is 10.2 Å². The third kappa shape index (κ3) is 4.73. The minimum absolute atomic E-state index is 0.589. The number of guanidine groups is 1. The van der Waals surface area contributed by atoms with Crippen molar-refractivity contribution in [1.29, 1.82) is 0 Å². The molecule has 4 nitrogen and oxygen atoms in total. The van der Waals surface area contributed by atoms with Crippen LogP contribution < -0.4 is 5.32 Å². The van der Waals surface area contributed by atoms with Crippen LogP contribution in [0.1, 0.15) is 42.7 Å². The van der Waals surface area contributed by atoms with Gasteiger partial charge in [0.25, 0.3) is 0 Å². The van der Waals surface area contributed by atoms with E-state index >= 15 is 0 Å². The summed E-state index contributed by atoms with van der Waals surface area (Å²) in [7, 11) is 3.95. The molecule has 1 fully saturated rings. The molecule has 2 aliphatic rings. The zero-order valence-electron chi connectivity index (χ0n) is 15.1. The zero-order chi connectivity index (χ0) is 16.8. The number of nitrogens with one attached hydrogen (secondary N) is 1. The molecule has 0 radical (unpaired) electrons. The van der Waals surface area contributed by atoms with Crippen LogP contribution in [-0.4, -0.2) is 51.3 Å². The second kappa shape index (κ2) is 8.52. The fourth-order valence-corrected chi connectivity index (χ4v) is 3.51. The Labute approximate surface area is 146 Å². The van der Waals surface area contributed by atoms with Gasteiger partial charge in [-0.3, -0.25) is 4.99 Å². The number of rotatable bonds is 7. The topological polar surface area (TPSA) is 36.9 Å². The van der Waals surface area contributed by atoms with Crippen LogP contribution in [0.2, 0.25) is 0 Å². The largest absolute Gasteiger partial charge is 0.379 e. The van der Waals surface area contributed by atoms with Gasteiger partial charge in [-0.1, -0.05) is 24.3 Å². The maximum atomic E-state index is 5.74. The Morgan fingerprint density at radius 3 is 2.92 bits per heavy atom. The molecular formula is C20H31N3O. The molecule has 0 amide bonds. The van der Waals surface area contributed by atoms with Crippen molar-refractivity contribution >= 4 is 5.96 Å². The van der Waals surface area contributed by atoms with Gasteiger partial charge in [-0.05, 0) is 49.1 Å². The van der Waals surface area contributed by atoms with E-state index in [2.05, 4.69) is 46.5 Å². The Morgan fingerprint density at radius 2 is 2.12 bits per heavy atom. The highest BCUT2D eigenvalue weighted by Crippen LogP contribution is 2.31. The highest BCUT2D eigenvalue weighted by Gasteiger charge is 2.22. The third-order valence-electron chi connectivity index (χ3n) is 5.20. The summed E-state index contributed by atoms with van der Waals surface area (Å²) in [5.41, 5.74) is 3.04. The molecule has 1 aromatic carbocycles. The normalized spacial score (nSPS) is 20.6. The predicted octanol–water partition coefficient (Wildman–Crippen LogP) is 3.04. The van der Waals surface area contributed by atoms with Gasteiger partial charge in [-0.2, -0.15) is 0 Å². The van der Waals surface area contributed by atoms with Crippen molar-refractivity contribution in [3.05, 3.63) is 35.4 Å². The fraction of sp³-hybridized carbons (Fsp3) is 0.650. The van der Waals surface area contributed by atoms with Crippen LogP contribution in [0.3, 0.4) is 0 Å². The highest BCUT2D eigenvalue weighted by atomic mass is 16.5. The van der Waals surface area contributed by atoms with E-state index in [-0.39, 0.29) is 0 Å². The Bertz CT molecular complexity index is 554. The fourth-order valence-electron chi connectivity index (χ4n) is 3.51. The van der Waals surface area contributed by atoms with E-state index in [1.165, 1.54) is 43.2 Å². The summed E-state index contributed by atoms with van der Waals surface area (Å²) in [6, 6.07) is 8.89. The number of nitrogens with zero attached hydrogens (tertiary/aromatic N) is 2. The number of fused-ring (bicyclic) bond motifs is 1. The number of ether oxygens (including phenoxy) is 1. The summed E-state index contributed by atoms with van der Waals surface area (Å²) in [4.78, 5) is 6.60. The molecule has 0 aliphatic heterocycles. The summed E-state index contributed by atoms with van der Waals surface area (Å²) in [6.07, 6.45) is 6.46. The van der Waals surface area contributed by atoms with Crippen LogP contribution in [0.4, 0.5) is 0 Å². The van der Waals surface area contributed by atoms with Crippen LogP contribution in [0.25, 0.3) is 0 Å². The number of likely N-dealkylation sites (N-methyl/N-ethyl adjacent to an activating group) is 1. The van der Waals surface area contributed by atoms with Gasteiger partial charge in [0.2, 0.25) is 0 Å². The lowest BCUT2D eigenvalue weighted by Gasteiger charge is -2.28. The van der Waals surface area contributed by atoms with Gasteiger partial charge < -0.3 is 15.0 Å². The zero-order valence-corrected chi connectivity index (χ0v) is 15.1. The molecule has 24 heavy (non-hydrogen) atoms. The summed E-state index contributed by atoms with van der Waals surface area (Å²) < 4.78 is 5.74. The third-order valence-corrected chi connectivity index (χ3v) is 5.20. The number of benzene rings is 1. The SMILES string of the molecule is CN=C(NCC1CCCc2ccccc21)N(C)CCOCC1CC1. The van der Waals surface area contributed by atoms with E-state index in [1.54, 1.807) is 0 Å². The Morgan fingerprint density at radius 1 is 1.29 bits per heavy atom. The molecule has 1 saturated carbocycles. The quantitative estimate of drug-likeness (QED) is 0.474. The number of hydrogen-bond acceptors (Lipinski definition) is 2. The molecule has 4 heteroatoms. The lowest BCUT2D eigenvalue weighted by Crippen LogP contribution is -2.42. The van der Waals surface area contributed by atoms with Gasteiger partial charge in [0.05, 0.1) is 6.61 Å². The van der Waals surface area contributed by atoms with E-state index in [0.717, 1.165) is 38.2 Å². The smallest absolute Gasteiger partial charge is 0.193 e. The molecule has 0 aromatic heterocycles. The van der Waals surface area contributed by atoms with E-state index < -0.39 is 0 Å². The van der Waals surface area contributed by atoms with Gasteiger partial charge in [-0.15, -0.1) is 0 Å². The molecule has 0 spiro atoms. The molecule has 1 aromatic rings. The van der Waals surface area contributed by atoms with Gasteiger partial charge >= 0.3 is 0 Å². The minimum Gasteiger partial charge on any atom is -0.379 e. The lowest BCUT2D eigenvalue weighted by atomic mass is 9.83. The first-order chi connectivity index (χ1) is 11.8. The molecule has 3 rings (SSSR count). The van der Waals surface area contributed by atoms with Crippen LogP contribution in [0, 0.1) is 5.92 Å². The second-order valence-corrected chi connectivity index (χ2v) is 7.16. The van der Waals surface area contributed by atoms with E-state index in [4.69, 9.17) is 4.74 Å². The maximum absolute atomic E-state index is 5.74. The average molecular weight is 329 g/mol. The summed E-state index contributed by atoms with van der Waals surface area (Å²) in [5, 5.41) is 3.56. The van der Waals surface area contributed by atoms with Gasteiger partial charge in [-0.25, -0.2) is 0 Å². The summed E-state index contributed by atoms with van der Waals surface area (Å²) in [6.45, 7) is 3.54. The summed E-state index contributed by atoms with van der Waals surface area (Å²) in [5.74, 6) is 2.39. The molecule has 132 valence electrons. The monoisotopic (exact) mass is 329 g/mol. The van der Waals surface area contributed by atoms with Crippen molar-refractivity contribution in [3.63, 3.8) is 0 Å². The molecular weight excluding hydrogens is 298 g/mol. The van der Waals surface area contributed by atoms with Crippen LogP contribution in [0.15, 0.2) is 29.3 Å². The van der Waals surface area contributed by atoms with Gasteiger partial charge in [0.15, 0.2) is 5.96 Å². The Hall–Kier alpha value is -1.55. The van der Waals surface area contributed by atoms with Crippen molar-refractivity contribution in [2.75, 3.05) is 40.4 Å². The van der Waals surface area contributed by atoms with Crippen LogP contribution >= 0.6 is 0 Å². The van der Waals surface area contributed by atoms with Gasteiger partial charge in [0.1, 0.15) is 0 Å². The van der Waals surface area contributed by atoms with Crippen LogP contribution in [0.5, 0.6) is 0 Å². The molecule has 1 atom stereocenters. The van der Waals surface area contributed by atoms with Crippen molar-refractivity contribution in [2.24, 2.45) is 10.9 Å². The number of aliphatic imine (C=N–C) groups is 1. The van der Waals surface area contributed by atoms with Crippen LogP contribution in [-0.2, 0) is 11.2 Å². The first-order valence-electron chi connectivity index (χ1n) is 9.35. The van der Waals surface area contributed by atoms with E-state index in [0.29, 0.717) is 5.92 Å². The molecule has 0 bridgehead atoms. The minimum atomic E-state index is 0.589. The molecule has 1 unspecified atom stereocenters. The van der Waals surface area contributed by atoms with Crippen molar-refractivity contribution < 1.29 is 4.74 Å². The summed E-state index contributed by atoms with van der Waals surface area (Å²) >= 11 is 0. The average Bonchev–Trinajstić information content (AvgIpc) is 3.44. The lowest BCUT2D eigenvalue weighted by molar-refractivity contribution is 0.115. The Balaban J connectivity index is 1.45. The molecule has 0 saturated heterocycles. The number of aryl methyl sites for hydroxylation is 1. The van der Waals surface area contributed by atoms with E-state index in [9.17, 15) is 0 Å². The van der Waals surface area contributed by atoms with E-state index in [1.807, 2.05) is 7.05 Å². The van der Waals surface area contributed by atoms with Crippen molar-refractivity contribution in [2.45, 2.75) is 38.0 Å². The molecule has 1 N–H and O–H groups in total. The maximum Gasteiger partial charge on any atom is 0.193 e. The second-order valence-electron chi connectivity index (χ2n) is 7.16. The van der Waals surface area contributed by atoms with Crippen molar-refractivity contribution in [3.8, 4) is 0 Å². The number of hydrogen-bond donors (Lipinski definition) is 1. The Kier molecular flexibility index (Phi) is 6.13. The molecule has 2 aliphatic carbocycles. The first kappa shape index (κ1) is 17.3. The standard InChI is InChI=1S/C20H31N3O/c1-21-20(23(2)12-13-24-15-16-10-11-16)22-14-18-8-5-7-17-6-3-4-9-19(17)18/h3-4,6,9,16,18H,5,7-8,10-15H2,1-2H3,(H,21,22). The predicted molar refractivity (Wildman–Crippen MR) is 99.7 cm³/mol. The molecule has 0 heterocycles. The first-order valence-corrected chi connectivity index (χ1v) is 9.35.